The van der Waals surface area contributed by atoms with Crippen LogP contribution in [0.15, 0.2) is 0 Å². The second-order valence-corrected chi connectivity index (χ2v) is 3.70. The topological polar surface area (TPSA) is 40.5 Å². The number of hydrogen-bond donors (Lipinski definition) is 2. The molecule has 2 atom stereocenters. The molecule has 1 spiro atoms. The van der Waals surface area contributed by atoms with Crippen molar-refractivity contribution in [1.82, 2.24) is 0 Å². The lowest BCUT2D eigenvalue weighted by atomic mass is 9.81. The van der Waals surface area contributed by atoms with E-state index in [1.165, 1.54) is 0 Å². The van der Waals surface area contributed by atoms with Crippen molar-refractivity contribution < 1.29 is 10.2 Å². The van der Waals surface area contributed by atoms with Gasteiger partial charge in [-0.15, -0.1) is 0 Å². The SMILES string of the molecule is OC1CCCC(O)C12CC2. The average Bonchev–Trinajstić information content (AvgIpc) is 2.64. The highest BCUT2D eigenvalue weighted by Crippen LogP contribution is 2.56. The molecule has 0 aromatic carbocycles. The molecule has 0 aliphatic heterocycles. The second-order valence-electron chi connectivity index (χ2n) is 3.70. The van der Waals surface area contributed by atoms with Crippen LogP contribution in [0.2, 0.25) is 0 Å². The Morgan fingerprint density at radius 2 is 1.50 bits per heavy atom. The Morgan fingerprint density at radius 3 is 1.80 bits per heavy atom. The van der Waals surface area contributed by atoms with E-state index >= 15 is 0 Å². The smallest absolute Gasteiger partial charge is 0.0621 e. The zero-order valence-corrected chi connectivity index (χ0v) is 6.08. The minimum Gasteiger partial charge on any atom is -0.392 e. The molecule has 2 nitrogen and oxygen atoms in total. The third kappa shape index (κ3) is 0.722. The van der Waals surface area contributed by atoms with Crippen LogP contribution >= 0.6 is 0 Å². The molecule has 58 valence electrons. The van der Waals surface area contributed by atoms with E-state index in [1.54, 1.807) is 0 Å². The van der Waals surface area contributed by atoms with E-state index < -0.39 is 0 Å². The van der Waals surface area contributed by atoms with Crippen LogP contribution in [-0.2, 0) is 0 Å². The molecule has 2 fully saturated rings. The number of rotatable bonds is 0. The quantitative estimate of drug-likeness (QED) is 0.522. The summed E-state index contributed by atoms with van der Waals surface area (Å²) in [5, 5.41) is 19.0. The summed E-state index contributed by atoms with van der Waals surface area (Å²) in [6, 6.07) is 0. The van der Waals surface area contributed by atoms with E-state index in [-0.39, 0.29) is 17.6 Å². The van der Waals surface area contributed by atoms with E-state index in [4.69, 9.17) is 0 Å². The zero-order valence-electron chi connectivity index (χ0n) is 6.08. The van der Waals surface area contributed by atoms with Gasteiger partial charge in [0.1, 0.15) is 0 Å². The molecule has 0 aromatic heterocycles. The summed E-state index contributed by atoms with van der Waals surface area (Å²) in [6.45, 7) is 0. The predicted molar refractivity (Wildman–Crippen MR) is 37.5 cm³/mol. The third-order valence-corrected chi connectivity index (χ3v) is 3.11. The summed E-state index contributed by atoms with van der Waals surface area (Å²) in [5.41, 5.74) is -0.0434. The first-order valence-corrected chi connectivity index (χ1v) is 4.12. The summed E-state index contributed by atoms with van der Waals surface area (Å²) < 4.78 is 0. The molecule has 2 saturated carbocycles. The Balaban J connectivity index is 2.11. The molecule has 0 heterocycles. The summed E-state index contributed by atoms with van der Waals surface area (Å²) in [6.07, 6.45) is 4.44. The summed E-state index contributed by atoms with van der Waals surface area (Å²) in [5.74, 6) is 0. The van der Waals surface area contributed by atoms with E-state index in [9.17, 15) is 10.2 Å². The first kappa shape index (κ1) is 6.62. The van der Waals surface area contributed by atoms with E-state index in [0.717, 1.165) is 32.1 Å². The Morgan fingerprint density at radius 1 is 1.00 bits per heavy atom. The number of aliphatic hydroxyl groups is 2. The van der Waals surface area contributed by atoms with Gasteiger partial charge in [0.15, 0.2) is 0 Å². The Labute approximate surface area is 60.9 Å². The second kappa shape index (κ2) is 1.95. The van der Waals surface area contributed by atoms with Crippen LogP contribution in [0.4, 0.5) is 0 Å². The zero-order chi connectivity index (χ0) is 7.19. The van der Waals surface area contributed by atoms with Gasteiger partial charge in [-0.1, -0.05) is 0 Å². The molecule has 2 rings (SSSR count). The normalized spacial score (nSPS) is 43.8. The number of hydrogen-bond acceptors (Lipinski definition) is 2. The van der Waals surface area contributed by atoms with Gasteiger partial charge in [-0.2, -0.15) is 0 Å². The molecule has 2 unspecified atom stereocenters. The van der Waals surface area contributed by atoms with Gasteiger partial charge in [0.05, 0.1) is 12.2 Å². The van der Waals surface area contributed by atoms with Gasteiger partial charge >= 0.3 is 0 Å². The first-order valence-electron chi connectivity index (χ1n) is 4.12. The van der Waals surface area contributed by atoms with Gasteiger partial charge in [0.2, 0.25) is 0 Å². The van der Waals surface area contributed by atoms with Crippen molar-refractivity contribution in [3.05, 3.63) is 0 Å². The van der Waals surface area contributed by atoms with Crippen LogP contribution < -0.4 is 0 Å². The van der Waals surface area contributed by atoms with Crippen molar-refractivity contribution in [2.45, 2.75) is 44.3 Å². The van der Waals surface area contributed by atoms with E-state index in [2.05, 4.69) is 0 Å². The molecule has 2 aliphatic carbocycles. The molecular weight excluding hydrogens is 128 g/mol. The fourth-order valence-corrected chi connectivity index (χ4v) is 2.11. The molecule has 2 N–H and O–H groups in total. The first-order chi connectivity index (χ1) is 4.76. The molecule has 0 bridgehead atoms. The fourth-order valence-electron chi connectivity index (χ4n) is 2.11. The van der Waals surface area contributed by atoms with Gasteiger partial charge in [-0.3, -0.25) is 0 Å². The lowest BCUT2D eigenvalue weighted by Gasteiger charge is -2.32. The summed E-state index contributed by atoms with van der Waals surface area (Å²) >= 11 is 0. The van der Waals surface area contributed by atoms with Crippen LogP contribution in [-0.4, -0.2) is 22.4 Å². The van der Waals surface area contributed by atoms with Crippen LogP contribution in [0, 0.1) is 5.41 Å². The van der Waals surface area contributed by atoms with Crippen molar-refractivity contribution >= 4 is 0 Å². The highest BCUT2D eigenvalue weighted by Gasteiger charge is 2.55. The van der Waals surface area contributed by atoms with Crippen molar-refractivity contribution in [3.63, 3.8) is 0 Å². The maximum absolute atomic E-state index is 9.51. The predicted octanol–water partition coefficient (Wildman–Crippen LogP) is 0.672. The van der Waals surface area contributed by atoms with Crippen molar-refractivity contribution in [3.8, 4) is 0 Å². The maximum atomic E-state index is 9.51. The Hall–Kier alpha value is -0.0800. The molecular formula is C8H14O2. The lowest BCUT2D eigenvalue weighted by molar-refractivity contribution is -0.0399. The maximum Gasteiger partial charge on any atom is 0.0621 e. The Bertz CT molecular complexity index is 128. The fraction of sp³-hybridized carbons (Fsp3) is 1.00. The van der Waals surface area contributed by atoms with Gasteiger partial charge < -0.3 is 10.2 Å². The molecule has 0 saturated heterocycles. The van der Waals surface area contributed by atoms with Gasteiger partial charge in [0.25, 0.3) is 0 Å². The van der Waals surface area contributed by atoms with Crippen molar-refractivity contribution in [2.75, 3.05) is 0 Å². The molecule has 2 aliphatic rings. The van der Waals surface area contributed by atoms with Gasteiger partial charge in [-0.25, -0.2) is 0 Å². The van der Waals surface area contributed by atoms with E-state index in [0.29, 0.717) is 0 Å². The molecule has 0 radical (unpaired) electrons. The summed E-state index contributed by atoms with van der Waals surface area (Å²) in [7, 11) is 0. The minimum atomic E-state index is -0.212. The number of aliphatic hydroxyl groups excluding tert-OH is 2. The molecule has 0 amide bonds. The largest absolute Gasteiger partial charge is 0.392 e. The van der Waals surface area contributed by atoms with Gasteiger partial charge in [-0.05, 0) is 32.1 Å². The average molecular weight is 142 g/mol. The highest BCUT2D eigenvalue weighted by atomic mass is 16.3. The van der Waals surface area contributed by atoms with Crippen molar-refractivity contribution in [1.29, 1.82) is 0 Å². The van der Waals surface area contributed by atoms with Crippen LogP contribution in [0.1, 0.15) is 32.1 Å². The molecule has 10 heavy (non-hydrogen) atoms. The highest BCUT2D eigenvalue weighted by molar-refractivity contribution is 5.05. The Kier molecular flexibility index (Phi) is 1.29. The lowest BCUT2D eigenvalue weighted by Crippen LogP contribution is -2.37. The van der Waals surface area contributed by atoms with Crippen LogP contribution in [0.5, 0.6) is 0 Å². The molecule has 2 heteroatoms. The third-order valence-electron chi connectivity index (χ3n) is 3.11. The van der Waals surface area contributed by atoms with Crippen molar-refractivity contribution in [2.24, 2.45) is 5.41 Å². The van der Waals surface area contributed by atoms with Crippen LogP contribution in [0.3, 0.4) is 0 Å². The van der Waals surface area contributed by atoms with E-state index in [1.807, 2.05) is 0 Å². The van der Waals surface area contributed by atoms with Crippen LogP contribution in [0.25, 0.3) is 0 Å². The monoisotopic (exact) mass is 142 g/mol. The standard InChI is InChI=1S/C8H14O2/c9-6-2-1-3-7(10)8(6)4-5-8/h6-7,9-10H,1-5H2. The minimum absolute atomic E-state index is 0.0434. The van der Waals surface area contributed by atoms with Gasteiger partial charge in [0, 0.05) is 5.41 Å². The molecule has 0 aromatic rings. The summed E-state index contributed by atoms with van der Waals surface area (Å²) in [4.78, 5) is 0.